The minimum atomic E-state index is -0.0197. The molecule has 0 aromatic heterocycles. The van der Waals surface area contributed by atoms with Crippen molar-refractivity contribution in [3.05, 3.63) is 35.4 Å². The molecule has 3 nitrogen and oxygen atoms in total. The Kier molecular flexibility index (Phi) is 6.90. The van der Waals surface area contributed by atoms with Crippen LogP contribution in [0.15, 0.2) is 24.3 Å². The zero-order valence-corrected chi connectivity index (χ0v) is 14.0. The Balaban J connectivity index is 2.60. The fourth-order valence-corrected chi connectivity index (χ4v) is 2.42. The normalized spacial score (nSPS) is 11.5. The van der Waals surface area contributed by atoms with Crippen molar-refractivity contribution in [1.82, 2.24) is 4.90 Å². The van der Waals surface area contributed by atoms with Crippen LogP contribution in [0.5, 0.6) is 0 Å². The molecular formula is C18H30N2O. The third kappa shape index (κ3) is 6.30. The molecule has 21 heavy (non-hydrogen) atoms. The molecule has 0 heterocycles. The Morgan fingerprint density at radius 1 is 1.33 bits per heavy atom. The van der Waals surface area contributed by atoms with Gasteiger partial charge in [-0.1, -0.05) is 50.6 Å². The number of carbonyl (C=O) groups is 1. The van der Waals surface area contributed by atoms with Crippen LogP contribution in [-0.2, 0) is 11.2 Å². The van der Waals surface area contributed by atoms with Crippen LogP contribution in [-0.4, -0.2) is 30.4 Å². The van der Waals surface area contributed by atoms with E-state index in [4.69, 9.17) is 5.73 Å². The summed E-state index contributed by atoms with van der Waals surface area (Å²) >= 11 is 0. The average molecular weight is 290 g/mol. The van der Waals surface area contributed by atoms with Crippen molar-refractivity contribution in [2.24, 2.45) is 11.1 Å². The van der Waals surface area contributed by atoms with Crippen LogP contribution in [0.4, 0.5) is 0 Å². The fourth-order valence-electron chi connectivity index (χ4n) is 2.42. The predicted octanol–water partition coefficient (Wildman–Crippen LogP) is 3.15. The lowest BCUT2D eigenvalue weighted by Gasteiger charge is -2.32. The lowest BCUT2D eigenvalue weighted by Crippen LogP contribution is -2.42. The molecule has 0 fully saturated rings. The van der Waals surface area contributed by atoms with E-state index in [0.29, 0.717) is 13.0 Å². The van der Waals surface area contributed by atoms with Crippen molar-refractivity contribution >= 4 is 5.91 Å². The summed E-state index contributed by atoms with van der Waals surface area (Å²) in [6.07, 6.45) is 2.37. The zero-order valence-electron chi connectivity index (χ0n) is 14.0. The topological polar surface area (TPSA) is 46.3 Å². The Morgan fingerprint density at radius 3 is 2.62 bits per heavy atom. The first-order valence-electron chi connectivity index (χ1n) is 7.91. The summed E-state index contributed by atoms with van der Waals surface area (Å²) in [4.78, 5) is 14.4. The van der Waals surface area contributed by atoms with E-state index in [0.717, 1.165) is 25.9 Å². The molecule has 0 saturated heterocycles. The molecule has 1 amide bonds. The summed E-state index contributed by atoms with van der Waals surface area (Å²) < 4.78 is 0. The molecule has 1 aromatic carbocycles. The van der Waals surface area contributed by atoms with Crippen LogP contribution in [0.2, 0.25) is 0 Å². The van der Waals surface area contributed by atoms with Crippen molar-refractivity contribution in [2.75, 3.05) is 19.6 Å². The monoisotopic (exact) mass is 290 g/mol. The number of hydrogen-bond donors (Lipinski definition) is 1. The number of rotatable bonds is 8. The van der Waals surface area contributed by atoms with Gasteiger partial charge in [0.15, 0.2) is 0 Å². The summed E-state index contributed by atoms with van der Waals surface area (Å²) in [6.45, 7) is 10.6. The number of hydrogen-bond acceptors (Lipinski definition) is 2. The van der Waals surface area contributed by atoms with E-state index in [9.17, 15) is 4.79 Å². The van der Waals surface area contributed by atoms with E-state index in [1.165, 1.54) is 11.1 Å². The highest BCUT2D eigenvalue weighted by molar-refractivity contribution is 5.76. The molecule has 118 valence electrons. The van der Waals surface area contributed by atoms with Crippen LogP contribution in [0.25, 0.3) is 0 Å². The number of nitrogens with zero attached hydrogens (tertiary/aromatic N) is 1. The quantitative estimate of drug-likeness (QED) is 0.799. The summed E-state index contributed by atoms with van der Waals surface area (Å²) in [5.41, 5.74) is 8.25. The molecule has 0 spiro atoms. The molecule has 0 saturated carbocycles. The van der Waals surface area contributed by atoms with Gasteiger partial charge in [-0.25, -0.2) is 0 Å². The van der Waals surface area contributed by atoms with Gasteiger partial charge in [0.05, 0.1) is 0 Å². The van der Waals surface area contributed by atoms with Crippen molar-refractivity contribution in [2.45, 2.75) is 47.0 Å². The van der Waals surface area contributed by atoms with E-state index < -0.39 is 0 Å². The highest BCUT2D eigenvalue weighted by atomic mass is 16.2. The minimum Gasteiger partial charge on any atom is -0.342 e. The maximum Gasteiger partial charge on any atom is 0.222 e. The maximum absolute atomic E-state index is 12.5. The fraction of sp³-hybridized carbons (Fsp3) is 0.611. The molecule has 0 unspecified atom stereocenters. The van der Waals surface area contributed by atoms with Gasteiger partial charge in [-0.3, -0.25) is 4.79 Å². The molecule has 0 atom stereocenters. The molecule has 3 heteroatoms. The first kappa shape index (κ1) is 17.7. The zero-order chi connectivity index (χ0) is 15.9. The van der Waals surface area contributed by atoms with Gasteiger partial charge in [0, 0.05) is 19.5 Å². The molecule has 1 aromatic rings. The lowest BCUT2D eigenvalue weighted by molar-refractivity contribution is -0.132. The van der Waals surface area contributed by atoms with Gasteiger partial charge < -0.3 is 10.6 Å². The summed E-state index contributed by atoms with van der Waals surface area (Å²) in [5.74, 6) is 0.236. The van der Waals surface area contributed by atoms with Crippen LogP contribution >= 0.6 is 0 Å². The Bertz CT molecular complexity index is 454. The largest absolute Gasteiger partial charge is 0.342 e. The van der Waals surface area contributed by atoms with Gasteiger partial charge in [0.1, 0.15) is 0 Å². The van der Waals surface area contributed by atoms with Crippen LogP contribution in [0.1, 0.15) is 44.7 Å². The molecule has 1 rings (SSSR count). The van der Waals surface area contributed by atoms with E-state index in [1.807, 2.05) is 4.90 Å². The van der Waals surface area contributed by atoms with E-state index in [2.05, 4.69) is 52.0 Å². The molecule has 0 aliphatic carbocycles. The van der Waals surface area contributed by atoms with E-state index in [1.54, 1.807) is 0 Å². The third-order valence-electron chi connectivity index (χ3n) is 3.73. The van der Waals surface area contributed by atoms with Crippen LogP contribution in [0, 0.1) is 12.3 Å². The number of nitrogens with two attached hydrogens (primary N) is 1. The highest BCUT2D eigenvalue weighted by Gasteiger charge is 2.22. The average Bonchev–Trinajstić information content (AvgIpc) is 2.44. The molecule has 0 radical (unpaired) electrons. The maximum atomic E-state index is 12.5. The van der Waals surface area contributed by atoms with Crippen molar-refractivity contribution in [1.29, 1.82) is 0 Å². The molecule has 0 bridgehead atoms. The van der Waals surface area contributed by atoms with Gasteiger partial charge >= 0.3 is 0 Å². The van der Waals surface area contributed by atoms with Crippen molar-refractivity contribution in [3.63, 3.8) is 0 Å². The smallest absolute Gasteiger partial charge is 0.222 e. The van der Waals surface area contributed by atoms with Crippen LogP contribution < -0.4 is 5.73 Å². The molecular weight excluding hydrogens is 260 g/mol. The standard InChI is InChI=1S/C18H30N2O/c1-5-11-20(14-18(3,4)13-19)17(21)10-9-16-8-6-7-15(2)12-16/h6-8,12H,5,9-11,13-14,19H2,1-4H3. The number of aryl methyl sites for hydroxylation is 2. The van der Waals surface area contributed by atoms with E-state index >= 15 is 0 Å². The van der Waals surface area contributed by atoms with Crippen molar-refractivity contribution < 1.29 is 4.79 Å². The molecule has 2 N–H and O–H groups in total. The Hall–Kier alpha value is -1.35. The second-order valence-electron chi connectivity index (χ2n) is 6.67. The SMILES string of the molecule is CCCN(CC(C)(C)CN)C(=O)CCc1cccc(C)c1. The summed E-state index contributed by atoms with van der Waals surface area (Å²) in [6, 6.07) is 8.38. The number of benzene rings is 1. The predicted molar refractivity (Wildman–Crippen MR) is 89.2 cm³/mol. The Labute approximate surface area is 129 Å². The van der Waals surface area contributed by atoms with Gasteiger partial charge in [0.25, 0.3) is 0 Å². The van der Waals surface area contributed by atoms with E-state index in [-0.39, 0.29) is 11.3 Å². The third-order valence-corrected chi connectivity index (χ3v) is 3.73. The lowest BCUT2D eigenvalue weighted by atomic mass is 9.92. The highest BCUT2D eigenvalue weighted by Crippen LogP contribution is 2.16. The van der Waals surface area contributed by atoms with Gasteiger partial charge in [0.2, 0.25) is 5.91 Å². The second kappa shape index (κ2) is 8.18. The van der Waals surface area contributed by atoms with Crippen molar-refractivity contribution in [3.8, 4) is 0 Å². The molecule has 0 aliphatic rings. The molecule has 0 aliphatic heterocycles. The van der Waals surface area contributed by atoms with Gasteiger partial charge in [-0.05, 0) is 37.3 Å². The van der Waals surface area contributed by atoms with Gasteiger partial charge in [-0.15, -0.1) is 0 Å². The number of amides is 1. The second-order valence-corrected chi connectivity index (χ2v) is 6.67. The minimum absolute atomic E-state index is 0.0197. The first-order chi connectivity index (χ1) is 9.88. The Morgan fingerprint density at radius 2 is 2.05 bits per heavy atom. The van der Waals surface area contributed by atoms with Crippen LogP contribution in [0.3, 0.4) is 0 Å². The van der Waals surface area contributed by atoms with Gasteiger partial charge in [-0.2, -0.15) is 0 Å². The summed E-state index contributed by atoms with van der Waals surface area (Å²) in [5, 5.41) is 0. The summed E-state index contributed by atoms with van der Waals surface area (Å²) in [7, 11) is 0. The first-order valence-corrected chi connectivity index (χ1v) is 7.91. The number of carbonyl (C=O) groups excluding carboxylic acids is 1.